The Balaban J connectivity index is 1.26. The van der Waals surface area contributed by atoms with Crippen molar-refractivity contribution < 1.29 is 27.7 Å². The fourth-order valence-corrected chi connectivity index (χ4v) is 7.18. The van der Waals surface area contributed by atoms with E-state index in [0.717, 1.165) is 41.8 Å². The monoisotopic (exact) mass is 488 g/mol. The van der Waals surface area contributed by atoms with Crippen LogP contribution in [0, 0.1) is 33.8 Å². The molecule has 2 fully saturated rings. The van der Waals surface area contributed by atoms with E-state index in [1.165, 1.54) is 0 Å². The maximum absolute atomic E-state index is 12.7. The minimum Gasteiger partial charge on any atom is -0.300 e. The summed E-state index contributed by atoms with van der Waals surface area (Å²) in [4.78, 5) is 52.7. The first-order valence-electron chi connectivity index (χ1n) is 9.95. The van der Waals surface area contributed by atoms with Crippen molar-refractivity contribution in [3.8, 4) is 0 Å². The van der Waals surface area contributed by atoms with Crippen molar-refractivity contribution in [3.63, 3.8) is 0 Å². The Morgan fingerprint density at radius 3 is 2.33 bits per heavy atom. The van der Waals surface area contributed by atoms with Crippen LogP contribution in [0.4, 0.5) is 10.8 Å². The first-order valence-corrected chi connectivity index (χ1v) is 12.3. The minimum absolute atomic E-state index is 0.0125. The van der Waals surface area contributed by atoms with Gasteiger partial charge in [0.2, 0.25) is 27.6 Å². The van der Waals surface area contributed by atoms with E-state index in [2.05, 4.69) is 10.3 Å². The highest BCUT2D eigenvalue weighted by Gasteiger charge is 2.59. The summed E-state index contributed by atoms with van der Waals surface area (Å²) in [5.41, 5.74) is -0.245. The summed E-state index contributed by atoms with van der Waals surface area (Å²) < 4.78 is 25.3. The topological polar surface area (TPSA) is 157 Å². The van der Waals surface area contributed by atoms with Crippen LogP contribution in [0.1, 0.15) is 6.42 Å². The Morgan fingerprint density at radius 2 is 1.76 bits per heavy atom. The molecular formula is C20H16N4O7S2. The van der Waals surface area contributed by atoms with E-state index >= 15 is 0 Å². The van der Waals surface area contributed by atoms with Gasteiger partial charge in [0.05, 0.1) is 27.9 Å². The standard InChI is InChI=1S/C20H16N4O7S2/c25-14(9-23-18(26)16-10-1-2-11(7-10)17(16)19(23)27)22-20-21-8-15(32-20)33(30,31)13-5-3-12(4-6-13)24(28)29/h1-6,8,10-11,16-17H,7,9H2,(H,21,22,25)/t10-,11-,16-,17+/m0/s1. The number of hydrogen-bond acceptors (Lipinski definition) is 9. The summed E-state index contributed by atoms with van der Waals surface area (Å²) in [6.07, 6.45) is 5.78. The molecule has 5 rings (SSSR count). The van der Waals surface area contributed by atoms with Crippen molar-refractivity contribution in [2.45, 2.75) is 15.5 Å². The van der Waals surface area contributed by atoms with Crippen LogP contribution in [0.25, 0.3) is 0 Å². The van der Waals surface area contributed by atoms with Gasteiger partial charge in [-0.2, -0.15) is 0 Å². The lowest BCUT2D eigenvalue weighted by Gasteiger charge is -2.16. The molecule has 3 amide bonds. The zero-order chi connectivity index (χ0) is 23.5. The molecule has 3 aliphatic rings. The van der Waals surface area contributed by atoms with Crippen molar-refractivity contribution >= 4 is 49.7 Å². The zero-order valence-electron chi connectivity index (χ0n) is 16.8. The highest BCUT2D eigenvalue weighted by Crippen LogP contribution is 2.52. The quantitative estimate of drug-likeness (QED) is 0.278. The van der Waals surface area contributed by atoms with Gasteiger partial charge in [0.15, 0.2) is 5.13 Å². The van der Waals surface area contributed by atoms with Gasteiger partial charge in [-0.05, 0) is 30.4 Å². The van der Waals surface area contributed by atoms with Crippen molar-refractivity contribution in [2.75, 3.05) is 11.9 Å². The Hall–Kier alpha value is -3.45. The summed E-state index contributed by atoms with van der Waals surface area (Å²) in [6.45, 7) is -0.464. The zero-order valence-corrected chi connectivity index (χ0v) is 18.4. The van der Waals surface area contributed by atoms with Gasteiger partial charge in [-0.3, -0.25) is 29.4 Å². The maximum Gasteiger partial charge on any atom is 0.269 e. The lowest BCUT2D eigenvalue weighted by Crippen LogP contribution is -2.39. The van der Waals surface area contributed by atoms with E-state index < -0.39 is 39.0 Å². The van der Waals surface area contributed by atoms with Gasteiger partial charge in [0.25, 0.3) is 5.69 Å². The van der Waals surface area contributed by atoms with Gasteiger partial charge < -0.3 is 5.32 Å². The van der Waals surface area contributed by atoms with Crippen molar-refractivity contribution in [3.05, 3.63) is 52.7 Å². The second kappa shape index (κ2) is 7.56. The molecule has 0 spiro atoms. The van der Waals surface area contributed by atoms with E-state index in [-0.39, 0.29) is 43.6 Å². The van der Waals surface area contributed by atoms with Crippen LogP contribution in [-0.2, 0) is 24.2 Å². The molecule has 1 saturated heterocycles. The number of rotatable bonds is 6. The van der Waals surface area contributed by atoms with Crippen molar-refractivity contribution in [1.82, 2.24) is 9.88 Å². The van der Waals surface area contributed by atoms with Crippen LogP contribution in [-0.4, -0.2) is 47.5 Å². The summed E-state index contributed by atoms with van der Waals surface area (Å²) in [6, 6.07) is 4.40. The van der Waals surface area contributed by atoms with Gasteiger partial charge >= 0.3 is 0 Å². The van der Waals surface area contributed by atoms with Crippen molar-refractivity contribution in [1.29, 1.82) is 0 Å². The molecule has 1 aliphatic heterocycles. The maximum atomic E-state index is 12.7. The van der Waals surface area contributed by atoms with Gasteiger partial charge in [-0.1, -0.05) is 23.5 Å². The molecule has 1 aromatic carbocycles. The molecule has 13 heteroatoms. The second-order valence-corrected chi connectivity index (χ2v) is 11.3. The van der Waals surface area contributed by atoms with Crippen LogP contribution < -0.4 is 5.32 Å². The predicted molar refractivity (Wildman–Crippen MR) is 114 cm³/mol. The van der Waals surface area contributed by atoms with Crippen LogP contribution in [0.3, 0.4) is 0 Å². The number of imide groups is 1. The molecule has 0 radical (unpaired) electrons. The first kappa shape index (κ1) is 21.4. The average molecular weight is 489 g/mol. The summed E-state index contributed by atoms with van der Waals surface area (Å²) >= 11 is 0.697. The molecule has 170 valence electrons. The molecule has 1 N–H and O–H groups in total. The minimum atomic E-state index is -4.00. The Morgan fingerprint density at radius 1 is 1.15 bits per heavy atom. The van der Waals surface area contributed by atoms with Gasteiger partial charge in [0.1, 0.15) is 10.8 Å². The van der Waals surface area contributed by atoms with Crippen LogP contribution in [0.2, 0.25) is 0 Å². The summed E-state index contributed by atoms with van der Waals surface area (Å²) in [5, 5.41) is 13.2. The average Bonchev–Trinajstić information content (AvgIpc) is 3.56. The number of likely N-dealkylation sites (tertiary alicyclic amines) is 1. The number of allylic oxidation sites excluding steroid dienone is 2. The fraction of sp³-hybridized carbons (Fsp3) is 0.300. The highest BCUT2D eigenvalue weighted by atomic mass is 32.2. The van der Waals surface area contributed by atoms with Crippen LogP contribution in [0.15, 0.2) is 51.7 Å². The summed E-state index contributed by atoms with van der Waals surface area (Å²) in [7, 11) is -4.00. The van der Waals surface area contributed by atoms with E-state index in [1.807, 2.05) is 12.2 Å². The second-order valence-electron chi connectivity index (χ2n) is 8.05. The summed E-state index contributed by atoms with van der Waals surface area (Å²) in [5.74, 6) is -2.09. The molecule has 2 aliphatic carbocycles. The van der Waals surface area contributed by atoms with Gasteiger partial charge in [-0.25, -0.2) is 13.4 Å². The molecule has 4 atom stereocenters. The Bertz CT molecular complexity index is 1300. The number of non-ortho nitro benzene ring substituents is 1. The lowest BCUT2D eigenvalue weighted by molar-refractivity contribution is -0.384. The van der Waals surface area contributed by atoms with E-state index in [1.54, 1.807) is 0 Å². The lowest BCUT2D eigenvalue weighted by atomic mass is 9.85. The molecular weight excluding hydrogens is 472 g/mol. The number of benzene rings is 1. The molecule has 2 aromatic rings. The van der Waals surface area contributed by atoms with Crippen LogP contribution >= 0.6 is 11.3 Å². The highest BCUT2D eigenvalue weighted by molar-refractivity contribution is 7.93. The molecule has 0 unspecified atom stereocenters. The molecule has 33 heavy (non-hydrogen) atoms. The number of nitrogens with zero attached hydrogens (tertiary/aromatic N) is 3. The van der Waals surface area contributed by atoms with E-state index in [0.29, 0.717) is 11.3 Å². The number of aromatic nitrogens is 1. The number of carbonyl (C=O) groups is 3. The SMILES string of the molecule is O=C(CN1C(=O)[C@@H]2[C@H](C1=O)[C@H]1C=C[C@H]2C1)Nc1ncc(S(=O)(=O)c2ccc([N+](=O)[O-])cc2)s1. The third kappa shape index (κ3) is 3.43. The number of sulfone groups is 1. The van der Waals surface area contributed by atoms with Gasteiger partial charge in [-0.15, -0.1) is 0 Å². The Labute approximate surface area is 191 Å². The third-order valence-corrected chi connectivity index (χ3v) is 9.36. The third-order valence-electron chi connectivity index (χ3n) is 6.22. The molecule has 2 bridgehead atoms. The number of nitrogens with one attached hydrogen (secondary N) is 1. The number of hydrogen-bond donors (Lipinski definition) is 1. The fourth-order valence-electron chi connectivity index (χ4n) is 4.73. The number of carbonyl (C=O) groups excluding carboxylic acids is 3. The molecule has 11 nitrogen and oxygen atoms in total. The number of anilines is 1. The number of thiazole rings is 1. The normalized spacial score (nSPS) is 25.5. The Kier molecular flexibility index (Phi) is 4.90. The largest absolute Gasteiger partial charge is 0.300 e. The van der Waals surface area contributed by atoms with Crippen molar-refractivity contribution in [2.24, 2.45) is 23.7 Å². The van der Waals surface area contributed by atoms with E-state index in [4.69, 9.17) is 0 Å². The molecule has 1 saturated carbocycles. The van der Waals surface area contributed by atoms with E-state index in [9.17, 15) is 32.9 Å². The number of amides is 3. The first-order chi connectivity index (χ1) is 15.7. The number of fused-ring (bicyclic) bond motifs is 5. The predicted octanol–water partition coefficient (Wildman–Crippen LogP) is 1.63. The molecule has 1 aromatic heterocycles. The number of nitro benzene ring substituents is 1. The number of nitro groups is 1. The van der Waals surface area contributed by atoms with Crippen LogP contribution in [0.5, 0.6) is 0 Å². The van der Waals surface area contributed by atoms with Gasteiger partial charge in [0, 0.05) is 12.1 Å². The molecule has 2 heterocycles. The smallest absolute Gasteiger partial charge is 0.269 e.